The van der Waals surface area contributed by atoms with Crippen molar-refractivity contribution in [2.24, 2.45) is 5.92 Å². The third kappa shape index (κ3) is 3.20. The van der Waals surface area contributed by atoms with Gasteiger partial charge in [-0.05, 0) is 54.0 Å². The van der Waals surface area contributed by atoms with E-state index < -0.39 is 0 Å². The summed E-state index contributed by atoms with van der Waals surface area (Å²) < 4.78 is 0. The molecule has 4 nitrogen and oxygen atoms in total. The zero-order valence-electron chi connectivity index (χ0n) is 13.9. The van der Waals surface area contributed by atoms with Gasteiger partial charge in [-0.1, -0.05) is 24.3 Å². The number of rotatable bonds is 3. The SMILES string of the molecule is O=C(c1cccc2cnccc12)N1CCC(Cc2ccc(O)cc2)C1. The van der Waals surface area contributed by atoms with Crippen LogP contribution in [0, 0.1) is 5.92 Å². The summed E-state index contributed by atoms with van der Waals surface area (Å²) in [7, 11) is 0. The van der Waals surface area contributed by atoms with E-state index >= 15 is 0 Å². The maximum Gasteiger partial charge on any atom is 0.254 e. The first-order valence-electron chi connectivity index (χ1n) is 8.60. The van der Waals surface area contributed by atoms with Crippen molar-refractivity contribution in [2.75, 3.05) is 13.1 Å². The van der Waals surface area contributed by atoms with E-state index in [2.05, 4.69) is 4.98 Å². The van der Waals surface area contributed by atoms with Crippen LogP contribution in [-0.2, 0) is 6.42 Å². The molecule has 25 heavy (non-hydrogen) atoms. The number of phenolic OH excluding ortho intramolecular Hbond substituents is 1. The zero-order valence-corrected chi connectivity index (χ0v) is 13.9. The molecule has 1 amide bonds. The number of pyridine rings is 1. The van der Waals surface area contributed by atoms with Gasteiger partial charge in [0.2, 0.25) is 0 Å². The molecule has 1 unspecified atom stereocenters. The van der Waals surface area contributed by atoms with E-state index in [1.807, 2.05) is 41.3 Å². The minimum Gasteiger partial charge on any atom is -0.508 e. The lowest BCUT2D eigenvalue weighted by Crippen LogP contribution is -2.29. The van der Waals surface area contributed by atoms with Crippen molar-refractivity contribution in [3.8, 4) is 5.75 Å². The highest BCUT2D eigenvalue weighted by Gasteiger charge is 2.27. The van der Waals surface area contributed by atoms with Gasteiger partial charge in [-0.15, -0.1) is 0 Å². The number of carbonyl (C=O) groups is 1. The van der Waals surface area contributed by atoms with Crippen molar-refractivity contribution >= 4 is 16.7 Å². The Morgan fingerprint density at radius 1 is 1.16 bits per heavy atom. The summed E-state index contributed by atoms with van der Waals surface area (Å²) in [5.74, 6) is 0.854. The first-order chi connectivity index (χ1) is 12.2. The number of carbonyl (C=O) groups excluding carboxylic acids is 1. The number of hydrogen-bond donors (Lipinski definition) is 1. The van der Waals surface area contributed by atoms with Crippen molar-refractivity contribution in [1.29, 1.82) is 0 Å². The molecule has 1 fully saturated rings. The maximum absolute atomic E-state index is 13.0. The maximum atomic E-state index is 13.0. The monoisotopic (exact) mass is 332 g/mol. The zero-order chi connectivity index (χ0) is 17.2. The van der Waals surface area contributed by atoms with Gasteiger partial charge in [-0.3, -0.25) is 9.78 Å². The summed E-state index contributed by atoms with van der Waals surface area (Å²) in [4.78, 5) is 19.1. The fourth-order valence-electron chi connectivity index (χ4n) is 3.63. The van der Waals surface area contributed by atoms with E-state index in [9.17, 15) is 9.90 Å². The van der Waals surface area contributed by atoms with Crippen molar-refractivity contribution in [3.63, 3.8) is 0 Å². The number of benzene rings is 2. The lowest BCUT2D eigenvalue weighted by molar-refractivity contribution is 0.0789. The first-order valence-corrected chi connectivity index (χ1v) is 8.60. The largest absolute Gasteiger partial charge is 0.508 e. The first kappa shape index (κ1) is 15.6. The Hall–Kier alpha value is -2.88. The van der Waals surface area contributed by atoms with Gasteiger partial charge >= 0.3 is 0 Å². The van der Waals surface area contributed by atoms with Gasteiger partial charge in [0.15, 0.2) is 0 Å². The van der Waals surface area contributed by atoms with Gasteiger partial charge in [0.05, 0.1) is 0 Å². The number of amides is 1. The van der Waals surface area contributed by atoms with Crippen LogP contribution in [0.2, 0.25) is 0 Å². The molecule has 1 saturated heterocycles. The van der Waals surface area contributed by atoms with Gasteiger partial charge in [0, 0.05) is 36.4 Å². The summed E-state index contributed by atoms with van der Waals surface area (Å²) in [6, 6.07) is 15.1. The number of nitrogens with zero attached hydrogens (tertiary/aromatic N) is 2. The predicted octanol–water partition coefficient (Wildman–Crippen LogP) is 3.65. The van der Waals surface area contributed by atoms with Gasteiger partial charge in [-0.25, -0.2) is 0 Å². The molecule has 4 rings (SSSR count). The van der Waals surface area contributed by atoms with Crippen LogP contribution < -0.4 is 0 Å². The fourth-order valence-corrected chi connectivity index (χ4v) is 3.63. The van der Waals surface area contributed by atoms with Gasteiger partial charge in [-0.2, -0.15) is 0 Å². The standard InChI is InChI=1S/C21H20N2O2/c24-18-6-4-15(5-7-18)12-16-9-11-23(14-16)21(25)20-3-1-2-17-13-22-10-8-19(17)20/h1-8,10,13,16,24H,9,11-12,14H2. The van der Waals surface area contributed by atoms with Crippen LogP contribution in [0.5, 0.6) is 5.75 Å². The highest BCUT2D eigenvalue weighted by Crippen LogP contribution is 2.25. The topological polar surface area (TPSA) is 53.4 Å². The smallest absolute Gasteiger partial charge is 0.254 e. The van der Waals surface area contributed by atoms with E-state index in [1.165, 1.54) is 5.56 Å². The molecule has 2 heterocycles. The Bertz CT molecular complexity index is 900. The second kappa shape index (κ2) is 6.55. The van der Waals surface area contributed by atoms with E-state index in [4.69, 9.17) is 0 Å². The van der Waals surface area contributed by atoms with Crippen LogP contribution in [-0.4, -0.2) is 34.0 Å². The third-order valence-electron chi connectivity index (χ3n) is 4.94. The third-order valence-corrected chi connectivity index (χ3v) is 4.94. The molecule has 0 saturated carbocycles. The van der Waals surface area contributed by atoms with Crippen LogP contribution in [0.1, 0.15) is 22.3 Å². The molecule has 126 valence electrons. The molecular weight excluding hydrogens is 312 g/mol. The van der Waals surface area contributed by atoms with E-state index in [1.54, 1.807) is 24.5 Å². The average molecular weight is 332 g/mol. The Kier molecular flexibility index (Phi) is 4.10. The Balaban J connectivity index is 1.49. The number of fused-ring (bicyclic) bond motifs is 1. The summed E-state index contributed by atoms with van der Waals surface area (Å²) in [6.45, 7) is 1.57. The molecule has 1 atom stereocenters. The molecule has 0 radical (unpaired) electrons. The second-order valence-electron chi connectivity index (χ2n) is 6.68. The average Bonchev–Trinajstić information content (AvgIpc) is 3.11. The van der Waals surface area contributed by atoms with Crippen LogP contribution in [0.3, 0.4) is 0 Å². The molecule has 2 aromatic carbocycles. The molecule has 0 spiro atoms. The van der Waals surface area contributed by atoms with E-state index in [-0.39, 0.29) is 11.7 Å². The number of aromatic hydroxyl groups is 1. The molecule has 4 heteroatoms. The fraction of sp³-hybridized carbons (Fsp3) is 0.238. The highest BCUT2D eigenvalue weighted by atomic mass is 16.3. The van der Waals surface area contributed by atoms with Crippen molar-refractivity contribution in [2.45, 2.75) is 12.8 Å². The van der Waals surface area contributed by atoms with Crippen LogP contribution in [0.25, 0.3) is 10.8 Å². The van der Waals surface area contributed by atoms with Crippen molar-refractivity contribution in [3.05, 3.63) is 72.1 Å². The number of phenols is 1. The molecule has 0 aliphatic carbocycles. The summed E-state index contributed by atoms with van der Waals surface area (Å²) in [6.07, 6.45) is 5.48. The number of likely N-dealkylation sites (tertiary alicyclic amines) is 1. The molecule has 0 bridgehead atoms. The normalized spacial score (nSPS) is 17.1. The van der Waals surface area contributed by atoms with Crippen molar-refractivity contribution in [1.82, 2.24) is 9.88 Å². The summed E-state index contributed by atoms with van der Waals surface area (Å²) in [5.41, 5.74) is 1.96. The quantitative estimate of drug-likeness (QED) is 0.796. The molecule has 1 aromatic heterocycles. The highest BCUT2D eigenvalue weighted by molar-refractivity contribution is 6.06. The molecule has 1 aliphatic heterocycles. The number of aromatic nitrogens is 1. The second-order valence-corrected chi connectivity index (χ2v) is 6.68. The van der Waals surface area contributed by atoms with Crippen LogP contribution in [0.4, 0.5) is 0 Å². The van der Waals surface area contributed by atoms with Gasteiger partial charge < -0.3 is 10.0 Å². The predicted molar refractivity (Wildman–Crippen MR) is 97.6 cm³/mol. The molecule has 1 aliphatic rings. The van der Waals surface area contributed by atoms with Crippen LogP contribution in [0.15, 0.2) is 60.9 Å². The van der Waals surface area contributed by atoms with Crippen LogP contribution >= 0.6 is 0 Å². The lowest BCUT2D eigenvalue weighted by Gasteiger charge is -2.18. The minimum absolute atomic E-state index is 0.102. The summed E-state index contributed by atoms with van der Waals surface area (Å²) in [5, 5.41) is 11.3. The lowest BCUT2D eigenvalue weighted by atomic mass is 9.99. The Morgan fingerprint density at radius 3 is 2.84 bits per heavy atom. The van der Waals surface area contributed by atoms with Gasteiger partial charge in [0.25, 0.3) is 5.91 Å². The minimum atomic E-state index is 0.102. The molecule has 3 aromatic rings. The number of hydrogen-bond acceptors (Lipinski definition) is 3. The Labute approximate surface area is 146 Å². The Morgan fingerprint density at radius 2 is 2.00 bits per heavy atom. The molecular formula is C21H20N2O2. The van der Waals surface area contributed by atoms with E-state index in [0.29, 0.717) is 5.92 Å². The summed E-state index contributed by atoms with van der Waals surface area (Å²) >= 11 is 0. The molecule has 1 N–H and O–H groups in total. The van der Waals surface area contributed by atoms with E-state index in [0.717, 1.165) is 42.3 Å². The van der Waals surface area contributed by atoms with Gasteiger partial charge in [0.1, 0.15) is 5.75 Å². The van der Waals surface area contributed by atoms with Crippen molar-refractivity contribution < 1.29 is 9.90 Å².